The number of halogens is 5. The van der Waals surface area contributed by atoms with Gasteiger partial charge in [-0.1, -0.05) is 90.1 Å². The lowest BCUT2D eigenvalue weighted by Gasteiger charge is -2.11. The molecule has 8 aromatic rings. The van der Waals surface area contributed by atoms with Crippen LogP contribution in [0.15, 0.2) is 114 Å². The van der Waals surface area contributed by atoms with E-state index in [-0.39, 0.29) is 22.6 Å². The number of rotatable bonds is 16. The summed E-state index contributed by atoms with van der Waals surface area (Å²) in [5.74, 6) is -6.15. The van der Waals surface area contributed by atoms with E-state index in [9.17, 15) is 39.6 Å². The fourth-order valence-corrected chi connectivity index (χ4v) is 10.1. The van der Waals surface area contributed by atoms with Gasteiger partial charge in [0.25, 0.3) is 0 Å². The van der Waals surface area contributed by atoms with Crippen LogP contribution in [-0.4, -0.2) is 77.0 Å². The van der Waals surface area contributed by atoms with E-state index in [4.69, 9.17) is 10.0 Å². The van der Waals surface area contributed by atoms with Crippen LogP contribution in [0.2, 0.25) is 0 Å². The predicted octanol–water partition coefficient (Wildman–Crippen LogP) is 10.5. The van der Waals surface area contributed by atoms with Gasteiger partial charge in [0.1, 0.15) is 22.9 Å². The number of hydrogen-bond acceptors (Lipinski definition) is 10. The highest BCUT2D eigenvalue weighted by molar-refractivity contribution is 9.10. The van der Waals surface area contributed by atoms with Crippen molar-refractivity contribution in [2.24, 2.45) is 0 Å². The quantitative estimate of drug-likeness (QED) is 0.0305. The van der Waals surface area contributed by atoms with Gasteiger partial charge in [-0.15, -0.1) is 0 Å². The Kier molecular flexibility index (Phi) is 18.4. The number of ketones is 2. The van der Waals surface area contributed by atoms with Gasteiger partial charge in [-0.25, -0.2) is 44.4 Å². The van der Waals surface area contributed by atoms with Gasteiger partial charge in [-0.2, -0.15) is 0 Å². The van der Waals surface area contributed by atoms with Crippen LogP contribution in [0.3, 0.4) is 0 Å². The summed E-state index contributed by atoms with van der Waals surface area (Å²) in [4.78, 5) is 40.1. The van der Waals surface area contributed by atoms with E-state index in [1.165, 1.54) is 29.7 Å². The normalized spacial score (nSPS) is 11.6. The molecule has 0 aliphatic rings. The van der Waals surface area contributed by atoms with Gasteiger partial charge in [0.15, 0.2) is 11.6 Å². The topological polar surface area (TPSA) is 224 Å². The highest BCUT2D eigenvalue weighted by atomic mass is 79.9. The van der Waals surface area contributed by atoms with Gasteiger partial charge in [-0.3, -0.25) is 19.0 Å². The van der Waals surface area contributed by atoms with Crippen molar-refractivity contribution in [2.75, 3.05) is 20.9 Å². The molecule has 0 saturated carbocycles. The Hall–Kier alpha value is -6.72. The monoisotopic (exact) mass is 1120 g/mol. The minimum atomic E-state index is -3.84. The van der Waals surface area contributed by atoms with E-state index in [0.717, 1.165) is 35.4 Å². The lowest BCUT2D eigenvalue weighted by Crippen LogP contribution is -2.29. The summed E-state index contributed by atoms with van der Waals surface area (Å²) in [7, 11) is -8.99. The Balaban J connectivity index is 0.000000201. The maximum absolute atomic E-state index is 15.2. The first kappa shape index (κ1) is 56.6. The fraction of sp³-hybridized carbons (Fsp3) is 0.231. The molecule has 74 heavy (non-hydrogen) atoms. The molecule has 8 rings (SSSR count). The Morgan fingerprint density at radius 3 is 1.46 bits per heavy atom. The molecule has 4 heterocycles. The lowest BCUT2D eigenvalue weighted by molar-refractivity contribution is 0.102. The molecular formula is C52H52BBrF4N6O8S2. The van der Waals surface area contributed by atoms with Crippen LogP contribution in [0.25, 0.3) is 33.2 Å². The second kappa shape index (κ2) is 24.1. The molecule has 0 atom stereocenters. The van der Waals surface area contributed by atoms with Gasteiger partial charge in [0, 0.05) is 56.7 Å². The summed E-state index contributed by atoms with van der Waals surface area (Å²) in [6, 6.07) is 22.2. The molecule has 0 unspecified atom stereocenters. The van der Waals surface area contributed by atoms with Crippen molar-refractivity contribution >= 4 is 93.6 Å². The number of H-pyrrole nitrogens is 2. The zero-order valence-corrected chi connectivity index (χ0v) is 44.1. The number of sulfonamides is 2. The number of carbonyl (C=O) groups excluding carboxylic acids is 2. The SMILES string of the molecule is CC(C)c1ccc(B(O)O)cc1.CCCS(=O)(=O)Nc1ccc(F)c(C(=O)c2c[nH]c3ncc(-c4ccc(C(C)C)cc4)cc23)c1F.CCCS(=O)(=O)Nc1ccc(F)c(C(=O)c2c[nH]c3ncc(Br)cc23)c1F. The van der Waals surface area contributed by atoms with Crippen molar-refractivity contribution in [1.82, 2.24) is 19.9 Å². The third kappa shape index (κ3) is 13.5. The van der Waals surface area contributed by atoms with Crippen molar-refractivity contribution in [3.63, 3.8) is 0 Å². The number of benzene rings is 4. The zero-order valence-electron chi connectivity index (χ0n) is 40.9. The largest absolute Gasteiger partial charge is 0.488 e. The first-order valence-corrected chi connectivity index (χ1v) is 27.3. The van der Waals surface area contributed by atoms with Crippen molar-refractivity contribution < 1.29 is 54.0 Å². The van der Waals surface area contributed by atoms with Crippen LogP contribution in [0, 0.1) is 23.3 Å². The summed E-state index contributed by atoms with van der Waals surface area (Å²) in [6.07, 6.45) is 6.45. The van der Waals surface area contributed by atoms with Crippen LogP contribution in [0.5, 0.6) is 0 Å². The van der Waals surface area contributed by atoms with Crippen LogP contribution in [-0.2, 0) is 20.0 Å². The van der Waals surface area contributed by atoms with E-state index < -0.39 is 84.5 Å². The first-order chi connectivity index (χ1) is 34.9. The van der Waals surface area contributed by atoms with Gasteiger partial charge in [0.2, 0.25) is 31.6 Å². The standard InChI is InChI=1S/C26H25F2N3O3S.C17H14BrF2N3O3S.C9H13BO2/c1-4-11-35(33,34)31-22-10-9-21(27)23(24(22)28)25(32)20-14-30-26-19(20)12-18(13-29-26)17-7-5-16(6-8-17)15(2)3;1-2-5-27(25,26)23-13-4-3-12(19)14(15(13)20)16(24)11-8-22-17-10(11)6-9(18)7-21-17;1-7(2)8-3-5-9(6-4-8)10(11)12/h5-10,12-15,31H,4,11H2,1-3H3,(H,29,30);3-4,6-8,23H,2,5H2,1H3,(H,21,22);3-7,11-12H,1-2H3. The van der Waals surface area contributed by atoms with Crippen molar-refractivity contribution in [3.8, 4) is 11.1 Å². The highest BCUT2D eigenvalue weighted by Crippen LogP contribution is 2.32. The average molecular weight is 1120 g/mol. The molecule has 0 saturated heterocycles. The number of aromatic nitrogens is 4. The van der Waals surface area contributed by atoms with E-state index in [1.54, 1.807) is 44.3 Å². The van der Waals surface area contributed by atoms with Gasteiger partial charge in [-0.05, 0) is 99.2 Å². The summed E-state index contributed by atoms with van der Waals surface area (Å²) in [5, 5.41) is 18.4. The molecule has 22 heteroatoms. The second-order valence-corrected chi connectivity index (χ2v) is 22.2. The molecule has 4 aromatic heterocycles. The highest BCUT2D eigenvalue weighted by Gasteiger charge is 2.28. The molecule has 0 aliphatic carbocycles. The Morgan fingerprint density at radius 1 is 0.622 bits per heavy atom. The minimum Gasteiger partial charge on any atom is -0.423 e. The number of fused-ring (bicyclic) bond motifs is 2. The molecule has 0 amide bonds. The molecule has 6 N–H and O–H groups in total. The minimum absolute atomic E-state index is 0.0187. The maximum Gasteiger partial charge on any atom is 0.488 e. The van der Waals surface area contributed by atoms with Crippen LogP contribution < -0.4 is 14.9 Å². The summed E-state index contributed by atoms with van der Waals surface area (Å²) in [6.45, 7) is 11.7. The van der Waals surface area contributed by atoms with E-state index in [1.807, 2.05) is 36.4 Å². The Labute approximate surface area is 434 Å². The van der Waals surface area contributed by atoms with Crippen LogP contribution in [0.1, 0.15) is 109 Å². The molecule has 0 aliphatic heterocycles. The van der Waals surface area contributed by atoms with E-state index in [2.05, 4.69) is 73.0 Å². The van der Waals surface area contributed by atoms with Gasteiger partial charge >= 0.3 is 7.12 Å². The number of pyridine rings is 2. The van der Waals surface area contributed by atoms with Crippen molar-refractivity contribution in [3.05, 3.63) is 171 Å². The summed E-state index contributed by atoms with van der Waals surface area (Å²) in [5.41, 5.74) is 2.72. The second-order valence-electron chi connectivity index (χ2n) is 17.6. The first-order valence-electron chi connectivity index (χ1n) is 23.2. The van der Waals surface area contributed by atoms with E-state index >= 15 is 4.39 Å². The summed E-state index contributed by atoms with van der Waals surface area (Å²) < 4.78 is 112. The summed E-state index contributed by atoms with van der Waals surface area (Å²) >= 11 is 3.23. The number of anilines is 2. The number of aromatic amines is 2. The molecule has 0 fully saturated rings. The third-order valence-corrected chi connectivity index (χ3v) is 14.8. The Morgan fingerprint density at radius 2 is 1.04 bits per heavy atom. The van der Waals surface area contributed by atoms with E-state index in [0.29, 0.717) is 56.7 Å². The maximum atomic E-state index is 15.2. The third-order valence-electron chi connectivity index (χ3n) is 11.4. The average Bonchev–Trinajstić information content (AvgIpc) is 3.98. The zero-order chi connectivity index (χ0) is 54.2. The van der Waals surface area contributed by atoms with Crippen molar-refractivity contribution in [2.45, 2.75) is 66.2 Å². The smallest absolute Gasteiger partial charge is 0.423 e. The van der Waals surface area contributed by atoms with Gasteiger partial charge < -0.3 is 20.0 Å². The number of carbonyl (C=O) groups is 2. The molecular weight excluding hydrogens is 1070 g/mol. The lowest BCUT2D eigenvalue weighted by atomic mass is 9.79. The Bertz CT molecular complexity index is 3530. The molecule has 388 valence electrons. The van der Waals surface area contributed by atoms with Crippen LogP contribution in [0.4, 0.5) is 28.9 Å². The molecule has 4 aromatic carbocycles. The number of nitrogens with one attached hydrogen (secondary N) is 4. The van der Waals surface area contributed by atoms with Crippen molar-refractivity contribution in [1.29, 1.82) is 0 Å². The molecule has 0 bridgehead atoms. The predicted molar refractivity (Wildman–Crippen MR) is 285 cm³/mol. The van der Waals surface area contributed by atoms with Gasteiger partial charge in [0.05, 0.1) is 34.0 Å². The fourth-order valence-electron chi connectivity index (χ4n) is 7.55. The van der Waals surface area contributed by atoms with Crippen LogP contribution >= 0.6 is 15.9 Å². The number of nitrogens with zero attached hydrogens (tertiary/aromatic N) is 2. The molecule has 0 spiro atoms. The number of hydrogen-bond donors (Lipinski definition) is 6. The molecule has 0 radical (unpaired) electrons. The molecule has 14 nitrogen and oxygen atoms in total.